The molecule has 0 atom stereocenters. The van der Waals surface area contributed by atoms with Crippen molar-refractivity contribution >= 4 is 5.97 Å². The molecule has 4 nitrogen and oxygen atoms in total. The monoisotopic (exact) mass is 277 g/mol. The summed E-state index contributed by atoms with van der Waals surface area (Å²) in [7, 11) is 0. The molecule has 0 aliphatic heterocycles. The average molecular weight is 277 g/mol. The van der Waals surface area contributed by atoms with Crippen LogP contribution < -0.4 is 5.56 Å². The Balaban J connectivity index is 2.37. The zero-order valence-electron chi connectivity index (χ0n) is 12.2. The van der Waals surface area contributed by atoms with Gasteiger partial charge in [-0.2, -0.15) is 0 Å². The summed E-state index contributed by atoms with van der Waals surface area (Å²) in [6.07, 6.45) is 6.73. The van der Waals surface area contributed by atoms with Crippen LogP contribution in [0.1, 0.15) is 55.8 Å². The molecule has 0 amide bonds. The van der Waals surface area contributed by atoms with Crippen LogP contribution in [0.25, 0.3) is 0 Å². The molecule has 0 spiro atoms. The molecule has 0 aromatic carbocycles. The summed E-state index contributed by atoms with van der Waals surface area (Å²) in [5.74, 6) is -0.845. The Labute approximate surface area is 119 Å². The first kappa shape index (κ1) is 14.8. The van der Waals surface area contributed by atoms with Gasteiger partial charge < -0.3 is 9.67 Å². The number of aryl methyl sites for hydroxylation is 2. The predicted octanol–water partition coefficient (Wildman–Crippen LogP) is 2.54. The fourth-order valence-electron chi connectivity index (χ4n) is 2.92. The second-order valence-electron chi connectivity index (χ2n) is 5.55. The zero-order valence-corrected chi connectivity index (χ0v) is 12.2. The van der Waals surface area contributed by atoms with Crippen LogP contribution in [0.3, 0.4) is 0 Å². The van der Waals surface area contributed by atoms with E-state index in [1.54, 1.807) is 0 Å². The molecule has 1 aliphatic rings. The van der Waals surface area contributed by atoms with Crippen molar-refractivity contribution in [1.82, 2.24) is 4.57 Å². The lowest BCUT2D eigenvalue weighted by Crippen LogP contribution is -2.30. The molecule has 1 aliphatic carbocycles. The summed E-state index contributed by atoms with van der Waals surface area (Å²) in [6.45, 7) is 2.88. The van der Waals surface area contributed by atoms with Crippen molar-refractivity contribution in [2.75, 3.05) is 0 Å². The van der Waals surface area contributed by atoms with E-state index in [1.807, 2.05) is 10.6 Å². The topological polar surface area (TPSA) is 59.3 Å². The van der Waals surface area contributed by atoms with Crippen LogP contribution in [0.5, 0.6) is 0 Å². The van der Waals surface area contributed by atoms with Crippen molar-refractivity contribution in [3.63, 3.8) is 0 Å². The molecule has 1 heterocycles. The van der Waals surface area contributed by atoms with E-state index in [2.05, 4.69) is 6.92 Å². The zero-order chi connectivity index (χ0) is 14.5. The molecule has 0 bridgehead atoms. The number of unbranched alkanes of at least 4 members (excludes halogenated alkanes) is 1. The van der Waals surface area contributed by atoms with Gasteiger partial charge in [0.2, 0.25) is 0 Å². The highest BCUT2D eigenvalue weighted by Crippen LogP contribution is 2.21. The average Bonchev–Trinajstić information content (AvgIpc) is 2.44. The highest BCUT2D eigenvalue weighted by atomic mass is 16.4. The molecular weight excluding hydrogens is 254 g/mol. The van der Waals surface area contributed by atoms with Gasteiger partial charge in [-0.3, -0.25) is 9.59 Å². The number of carbonyl (C=O) groups is 1. The number of pyridine rings is 1. The van der Waals surface area contributed by atoms with E-state index in [4.69, 9.17) is 5.11 Å². The van der Waals surface area contributed by atoms with Gasteiger partial charge in [-0.15, -0.1) is 0 Å². The summed E-state index contributed by atoms with van der Waals surface area (Å²) in [5, 5.41) is 8.81. The van der Waals surface area contributed by atoms with Gasteiger partial charge in [0.05, 0.1) is 0 Å². The van der Waals surface area contributed by atoms with Crippen molar-refractivity contribution in [1.29, 1.82) is 0 Å². The minimum Gasteiger partial charge on any atom is -0.481 e. The molecular formula is C16H23NO3. The third kappa shape index (κ3) is 3.30. The van der Waals surface area contributed by atoms with Crippen molar-refractivity contribution in [3.05, 3.63) is 33.2 Å². The number of nitrogens with zero attached hydrogens (tertiary/aromatic N) is 1. The molecule has 0 unspecified atom stereocenters. The molecule has 0 fully saturated rings. The van der Waals surface area contributed by atoms with E-state index < -0.39 is 5.97 Å². The van der Waals surface area contributed by atoms with Crippen molar-refractivity contribution < 1.29 is 9.90 Å². The number of carboxylic acids is 1. The molecule has 1 aromatic heterocycles. The Morgan fingerprint density at radius 3 is 2.80 bits per heavy atom. The van der Waals surface area contributed by atoms with Crippen molar-refractivity contribution in [2.45, 2.75) is 64.8 Å². The van der Waals surface area contributed by atoms with Gasteiger partial charge in [0.1, 0.15) is 0 Å². The Morgan fingerprint density at radius 1 is 1.35 bits per heavy atom. The van der Waals surface area contributed by atoms with Crippen LogP contribution in [-0.4, -0.2) is 15.6 Å². The van der Waals surface area contributed by atoms with E-state index in [1.165, 1.54) is 11.3 Å². The fraction of sp³-hybridized carbons (Fsp3) is 0.625. The quantitative estimate of drug-likeness (QED) is 0.869. The highest BCUT2D eigenvalue weighted by Gasteiger charge is 2.17. The SMILES string of the molecule is CCCCn1c2c(cc(CCC(=O)O)c1=O)CCCC2. The number of aromatic nitrogens is 1. The molecule has 0 radical (unpaired) electrons. The lowest BCUT2D eigenvalue weighted by atomic mass is 9.93. The molecule has 4 heteroatoms. The lowest BCUT2D eigenvalue weighted by molar-refractivity contribution is -0.136. The van der Waals surface area contributed by atoms with Gasteiger partial charge in [-0.25, -0.2) is 0 Å². The number of carboxylic acid groups (broad SMARTS) is 1. The second kappa shape index (κ2) is 6.73. The molecule has 2 rings (SSSR count). The molecule has 110 valence electrons. The van der Waals surface area contributed by atoms with Crippen LogP contribution in [0.2, 0.25) is 0 Å². The van der Waals surface area contributed by atoms with Gasteiger partial charge in [-0.1, -0.05) is 13.3 Å². The van der Waals surface area contributed by atoms with E-state index in [9.17, 15) is 9.59 Å². The largest absolute Gasteiger partial charge is 0.481 e. The van der Waals surface area contributed by atoms with E-state index in [-0.39, 0.29) is 12.0 Å². The Hall–Kier alpha value is -1.58. The third-order valence-corrected chi connectivity index (χ3v) is 4.02. The smallest absolute Gasteiger partial charge is 0.303 e. The maximum Gasteiger partial charge on any atom is 0.303 e. The molecule has 20 heavy (non-hydrogen) atoms. The number of hydrogen-bond acceptors (Lipinski definition) is 2. The first-order chi connectivity index (χ1) is 9.63. The minimum atomic E-state index is -0.845. The van der Waals surface area contributed by atoms with Crippen LogP contribution >= 0.6 is 0 Å². The number of rotatable bonds is 6. The Bertz CT molecular complexity index is 545. The Morgan fingerprint density at radius 2 is 2.10 bits per heavy atom. The standard InChI is InChI=1S/C16H23NO3/c1-2-3-10-17-14-7-5-4-6-12(14)11-13(16(17)20)8-9-15(18)19/h11H,2-10H2,1H3,(H,18,19). The second-order valence-corrected chi connectivity index (χ2v) is 5.55. The fourth-order valence-corrected chi connectivity index (χ4v) is 2.92. The van der Waals surface area contributed by atoms with E-state index in [0.717, 1.165) is 45.1 Å². The maximum absolute atomic E-state index is 12.5. The van der Waals surface area contributed by atoms with Gasteiger partial charge >= 0.3 is 5.97 Å². The third-order valence-electron chi connectivity index (χ3n) is 4.02. The van der Waals surface area contributed by atoms with Crippen LogP contribution in [0.4, 0.5) is 0 Å². The Kier molecular flexibility index (Phi) is 4.99. The normalized spacial score (nSPS) is 14.1. The summed E-state index contributed by atoms with van der Waals surface area (Å²) >= 11 is 0. The van der Waals surface area contributed by atoms with Gasteiger partial charge in [0.15, 0.2) is 0 Å². The minimum absolute atomic E-state index is 0.0281. The number of hydrogen-bond donors (Lipinski definition) is 1. The van der Waals surface area contributed by atoms with E-state index in [0.29, 0.717) is 12.0 Å². The summed E-state index contributed by atoms with van der Waals surface area (Å²) in [4.78, 5) is 23.3. The van der Waals surface area contributed by atoms with Crippen LogP contribution in [0.15, 0.2) is 10.9 Å². The van der Waals surface area contributed by atoms with Crippen LogP contribution in [-0.2, 0) is 30.6 Å². The highest BCUT2D eigenvalue weighted by molar-refractivity contribution is 5.67. The molecule has 1 aromatic rings. The van der Waals surface area contributed by atoms with E-state index >= 15 is 0 Å². The predicted molar refractivity (Wildman–Crippen MR) is 78.2 cm³/mol. The van der Waals surface area contributed by atoms with Crippen molar-refractivity contribution in [2.24, 2.45) is 0 Å². The maximum atomic E-state index is 12.5. The van der Waals surface area contributed by atoms with Gasteiger partial charge in [0, 0.05) is 24.2 Å². The molecule has 1 N–H and O–H groups in total. The van der Waals surface area contributed by atoms with Crippen molar-refractivity contribution in [3.8, 4) is 0 Å². The molecule has 0 saturated carbocycles. The lowest BCUT2D eigenvalue weighted by Gasteiger charge is -2.22. The number of fused-ring (bicyclic) bond motifs is 1. The first-order valence-electron chi connectivity index (χ1n) is 7.59. The van der Waals surface area contributed by atoms with Crippen LogP contribution in [0, 0.1) is 0 Å². The number of aliphatic carboxylic acids is 1. The summed E-state index contributed by atoms with van der Waals surface area (Å²) in [6, 6.07) is 1.96. The summed E-state index contributed by atoms with van der Waals surface area (Å²) < 4.78 is 1.91. The molecule has 0 saturated heterocycles. The first-order valence-corrected chi connectivity index (χ1v) is 7.59. The van der Waals surface area contributed by atoms with Gasteiger partial charge in [0.25, 0.3) is 5.56 Å². The van der Waals surface area contributed by atoms with Gasteiger partial charge in [-0.05, 0) is 50.2 Å². The summed E-state index contributed by atoms with van der Waals surface area (Å²) in [5.41, 5.74) is 3.14.